The fourth-order valence-corrected chi connectivity index (χ4v) is 3.39. The molecule has 0 radical (unpaired) electrons. The van der Waals surface area contributed by atoms with Gasteiger partial charge in [-0.15, -0.1) is 0 Å². The molecule has 22 heavy (non-hydrogen) atoms. The summed E-state index contributed by atoms with van der Waals surface area (Å²) in [5, 5.41) is 6.19. The van der Waals surface area contributed by atoms with Crippen molar-refractivity contribution in [2.45, 2.75) is 25.7 Å². The van der Waals surface area contributed by atoms with Crippen molar-refractivity contribution in [3.8, 4) is 11.5 Å². The van der Waals surface area contributed by atoms with Crippen LogP contribution in [0.3, 0.4) is 0 Å². The van der Waals surface area contributed by atoms with Crippen molar-refractivity contribution in [1.29, 1.82) is 0 Å². The number of hydrogen-bond donors (Lipinski definition) is 2. The van der Waals surface area contributed by atoms with Gasteiger partial charge in [0, 0.05) is 7.05 Å². The zero-order valence-electron chi connectivity index (χ0n) is 13.1. The largest absolute Gasteiger partial charge is 0.486 e. The summed E-state index contributed by atoms with van der Waals surface area (Å²) in [6, 6.07) is 6.10. The van der Waals surface area contributed by atoms with Crippen LogP contribution in [0.5, 0.6) is 11.5 Å². The minimum atomic E-state index is -0.243. The van der Waals surface area contributed by atoms with Crippen LogP contribution in [0.25, 0.3) is 0 Å². The summed E-state index contributed by atoms with van der Waals surface area (Å²) in [6.45, 7) is 3.03. The molecule has 0 unspecified atom stereocenters. The maximum Gasteiger partial charge on any atom is 0.226 e. The summed E-state index contributed by atoms with van der Waals surface area (Å²) < 4.78 is 11.2. The molecule has 3 rings (SSSR count). The number of piperidine rings is 1. The van der Waals surface area contributed by atoms with Crippen LogP contribution in [0.4, 0.5) is 0 Å². The molecule has 1 saturated heterocycles. The second-order valence-corrected chi connectivity index (χ2v) is 6.09. The number of benzene rings is 1. The molecule has 0 bridgehead atoms. The van der Waals surface area contributed by atoms with E-state index < -0.39 is 0 Å². The Balaban J connectivity index is 1.70. The quantitative estimate of drug-likeness (QED) is 0.885. The van der Waals surface area contributed by atoms with Gasteiger partial charge in [-0.25, -0.2) is 0 Å². The van der Waals surface area contributed by atoms with E-state index in [4.69, 9.17) is 9.47 Å². The van der Waals surface area contributed by atoms with E-state index in [0.717, 1.165) is 50.3 Å². The van der Waals surface area contributed by atoms with E-state index in [2.05, 4.69) is 16.7 Å². The van der Waals surface area contributed by atoms with Gasteiger partial charge in [-0.1, -0.05) is 6.07 Å². The monoisotopic (exact) mass is 304 g/mol. The number of ether oxygens (including phenoxy) is 2. The van der Waals surface area contributed by atoms with Crippen LogP contribution in [0.1, 0.15) is 24.8 Å². The molecule has 0 aromatic heterocycles. The Labute approximate surface area is 131 Å². The predicted octanol–water partition coefficient (Wildman–Crippen LogP) is 1.51. The first-order valence-electron chi connectivity index (χ1n) is 8.05. The van der Waals surface area contributed by atoms with E-state index in [0.29, 0.717) is 13.2 Å². The molecule has 120 valence electrons. The van der Waals surface area contributed by atoms with E-state index in [9.17, 15) is 4.79 Å². The molecule has 0 saturated carbocycles. The highest BCUT2D eigenvalue weighted by Gasteiger charge is 2.38. The van der Waals surface area contributed by atoms with Gasteiger partial charge in [0.25, 0.3) is 0 Å². The second-order valence-electron chi connectivity index (χ2n) is 6.09. The van der Waals surface area contributed by atoms with Crippen LogP contribution >= 0.6 is 0 Å². The average molecular weight is 304 g/mol. The van der Waals surface area contributed by atoms with Crippen molar-refractivity contribution in [1.82, 2.24) is 10.6 Å². The Morgan fingerprint density at radius 2 is 1.95 bits per heavy atom. The van der Waals surface area contributed by atoms with Gasteiger partial charge in [0.15, 0.2) is 11.5 Å². The van der Waals surface area contributed by atoms with Crippen LogP contribution in [-0.4, -0.2) is 39.3 Å². The third-order valence-corrected chi connectivity index (χ3v) is 4.77. The molecule has 0 atom stereocenters. The van der Waals surface area contributed by atoms with E-state index in [-0.39, 0.29) is 11.3 Å². The summed E-state index contributed by atoms with van der Waals surface area (Å²) in [4.78, 5) is 12.4. The zero-order valence-corrected chi connectivity index (χ0v) is 13.1. The maximum atomic E-state index is 12.4. The second kappa shape index (κ2) is 6.57. The molecular formula is C17H24N2O3. The standard InChI is InChI=1S/C17H24N2O3/c1-18-16(20)17(6-8-19-9-7-17)5-4-13-2-3-14-15(12-13)22-11-10-21-14/h2-3,12,19H,4-11H2,1H3,(H,18,20). The number of amides is 1. The third-order valence-electron chi connectivity index (χ3n) is 4.77. The first-order valence-corrected chi connectivity index (χ1v) is 8.05. The zero-order chi connectivity index (χ0) is 15.4. The SMILES string of the molecule is CNC(=O)C1(CCc2ccc3c(c2)OCCO3)CCNCC1. The number of carbonyl (C=O) groups is 1. The molecule has 1 aromatic carbocycles. The molecule has 2 aliphatic rings. The molecule has 0 spiro atoms. The van der Waals surface area contributed by atoms with E-state index in [1.54, 1.807) is 7.05 Å². The smallest absolute Gasteiger partial charge is 0.226 e. The van der Waals surface area contributed by atoms with E-state index in [1.165, 1.54) is 5.56 Å². The van der Waals surface area contributed by atoms with Crippen molar-refractivity contribution in [2.75, 3.05) is 33.4 Å². The number of fused-ring (bicyclic) bond motifs is 1. The summed E-state index contributed by atoms with van der Waals surface area (Å²) >= 11 is 0. The van der Waals surface area contributed by atoms with Gasteiger partial charge in [-0.2, -0.15) is 0 Å². The van der Waals surface area contributed by atoms with Crippen molar-refractivity contribution in [3.05, 3.63) is 23.8 Å². The normalized spacial score (nSPS) is 19.5. The third kappa shape index (κ3) is 3.04. The van der Waals surface area contributed by atoms with Crippen LogP contribution in [0.2, 0.25) is 0 Å². The van der Waals surface area contributed by atoms with Crippen molar-refractivity contribution in [3.63, 3.8) is 0 Å². The van der Waals surface area contributed by atoms with Crippen molar-refractivity contribution >= 4 is 5.91 Å². The van der Waals surface area contributed by atoms with Crippen LogP contribution < -0.4 is 20.1 Å². The molecule has 2 N–H and O–H groups in total. The summed E-state index contributed by atoms with van der Waals surface area (Å²) in [5.74, 6) is 1.81. The van der Waals surface area contributed by atoms with Crippen LogP contribution in [0.15, 0.2) is 18.2 Å². The molecule has 2 heterocycles. The highest BCUT2D eigenvalue weighted by molar-refractivity contribution is 5.82. The molecule has 1 fully saturated rings. The molecule has 1 aromatic rings. The molecule has 5 nitrogen and oxygen atoms in total. The Morgan fingerprint density at radius 3 is 2.68 bits per heavy atom. The highest BCUT2D eigenvalue weighted by Crippen LogP contribution is 2.36. The fourth-order valence-electron chi connectivity index (χ4n) is 3.39. The average Bonchev–Trinajstić information content (AvgIpc) is 2.60. The Morgan fingerprint density at radius 1 is 1.23 bits per heavy atom. The predicted molar refractivity (Wildman–Crippen MR) is 84.4 cm³/mol. The van der Waals surface area contributed by atoms with Gasteiger partial charge in [0.05, 0.1) is 5.41 Å². The molecule has 5 heteroatoms. The Kier molecular flexibility index (Phi) is 4.52. The number of aryl methyl sites for hydroxylation is 1. The molecule has 1 amide bonds. The lowest BCUT2D eigenvalue weighted by molar-refractivity contribution is -0.132. The minimum Gasteiger partial charge on any atom is -0.486 e. The van der Waals surface area contributed by atoms with Crippen LogP contribution in [-0.2, 0) is 11.2 Å². The van der Waals surface area contributed by atoms with Gasteiger partial charge in [-0.05, 0) is 56.5 Å². The van der Waals surface area contributed by atoms with Crippen molar-refractivity contribution < 1.29 is 14.3 Å². The van der Waals surface area contributed by atoms with Gasteiger partial charge in [-0.3, -0.25) is 4.79 Å². The summed E-state index contributed by atoms with van der Waals surface area (Å²) in [7, 11) is 1.73. The first kappa shape index (κ1) is 15.2. The van der Waals surface area contributed by atoms with Gasteiger partial charge < -0.3 is 20.1 Å². The highest BCUT2D eigenvalue weighted by atomic mass is 16.6. The Bertz CT molecular complexity index is 539. The lowest BCUT2D eigenvalue weighted by atomic mass is 9.74. The fraction of sp³-hybridized carbons (Fsp3) is 0.588. The van der Waals surface area contributed by atoms with Crippen LogP contribution in [0, 0.1) is 5.41 Å². The van der Waals surface area contributed by atoms with Gasteiger partial charge in [0.2, 0.25) is 5.91 Å². The summed E-state index contributed by atoms with van der Waals surface area (Å²) in [5.41, 5.74) is 0.957. The number of rotatable bonds is 4. The first-order chi connectivity index (χ1) is 10.7. The topological polar surface area (TPSA) is 59.6 Å². The molecule has 2 aliphatic heterocycles. The lowest BCUT2D eigenvalue weighted by Crippen LogP contribution is -2.46. The van der Waals surface area contributed by atoms with Gasteiger partial charge in [0.1, 0.15) is 13.2 Å². The maximum absolute atomic E-state index is 12.4. The number of carbonyl (C=O) groups excluding carboxylic acids is 1. The molecule has 0 aliphatic carbocycles. The van der Waals surface area contributed by atoms with Gasteiger partial charge >= 0.3 is 0 Å². The number of nitrogens with one attached hydrogen (secondary N) is 2. The number of hydrogen-bond acceptors (Lipinski definition) is 4. The van der Waals surface area contributed by atoms with Crippen molar-refractivity contribution in [2.24, 2.45) is 5.41 Å². The lowest BCUT2D eigenvalue weighted by Gasteiger charge is -2.36. The van der Waals surface area contributed by atoms with E-state index in [1.807, 2.05) is 12.1 Å². The molecular weight excluding hydrogens is 280 g/mol. The van der Waals surface area contributed by atoms with E-state index >= 15 is 0 Å². The summed E-state index contributed by atoms with van der Waals surface area (Å²) in [6.07, 6.45) is 3.55. The Hall–Kier alpha value is -1.75. The minimum absolute atomic E-state index is 0.173.